The molecule has 0 radical (unpaired) electrons. The lowest BCUT2D eigenvalue weighted by Gasteiger charge is -1.99. The predicted octanol–water partition coefficient (Wildman–Crippen LogP) is 6.10. The van der Waals surface area contributed by atoms with Crippen molar-refractivity contribution in [1.82, 2.24) is 4.98 Å². The van der Waals surface area contributed by atoms with E-state index in [9.17, 15) is 5.26 Å². The van der Waals surface area contributed by atoms with Crippen molar-refractivity contribution in [2.45, 2.75) is 6.42 Å². The minimum Gasteiger partial charge on any atom is -0.240 e. The van der Waals surface area contributed by atoms with Gasteiger partial charge in [0.1, 0.15) is 11.1 Å². The van der Waals surface area contributed by atoms with Crippen molar-refractivity contribution < 1.29 is 0 Å². The fourth-order valence-corrected chi connectivity index (χ4v) is 3.36. The predicted molar refractivity (Wildman–Crippen MR) is 101 cm³/mol. The zero-order valence-electron chi connectivity index (χ0n) is 12.5. The summed E-state index contributed by atoms with van der Waals surface area (Å²) in [6.07, 6.45) is 2.51. The third-order valence-corrected chi connectivity index (χ3v) is 4.77. The molecule has 0 saturated carbocycles. The van der Waals surface area contributed by atoms with Crippen molar-refractivity contribution in [2.24, 2.45) is 0 Å². The van der Waals surface area contributed by atoms with Gasteiger partial charge in [0, 0.05) is 21.8 Å². The molecule has 0 aliphatic carbocycles. The SMILES string of the molecule is N#CC(=Cc1ccc(Cl)cc1)c1nc(Cc2cccc(Cl)c2)cs1. The molecule has 118 valence electrons. The Morgan fingerprint density at radius 1 is 1.12 bits per heavy atom. The molecule has 0 N–H and O–H groups in total. The summed E-state index contributed by atoms with van der Waals surface area (Å²) >= 11 is 13.4. The van der Waals surface area contributed by atoms with Gasteiger partial charge < -0.3 is 0 Å². The normalized spacial score (nSPS) is 11.3. The minimum absolute atomic E-state index is 0.541. The smallest absolute Gasteiger partial charge is 0.134 e. The van der Waals surface area contributed by atoms with Crippen LogP contribution in [-0.2, 0) is 6.42 Å². The Morgan fingerprint density at radius 3 is 2.62 bits per heavy atom. The second kappa shape index (κ2) is 7.63. The number of hydrogen-bond acceptors (Lipinski definition) is 3. The molecule has 0 aliphatic rings. The van der Waals surface area contributed by atoms with Crippen LogP contribution in [0.4, 0.5) is 0 Å². The van der Waals surface area contributed by atoms with Crippen LogP contribution in [0.2, 0.25) is 10.0 Å². The topological polar surface area (TPSA) is 36.7 Å². The molecule has 0 aliphatic heterocycles. The Morgan fingerprint density at radius 2 is 1.92 bits per heavy atom. The van der Waals surface area contributed by atoms with Crippen molar-refractivity contribution >= 4 is 46.2 Å². The van der Waals surface area contributed by atoms with E-state index in [1.54, 1.807) is 12.1 Å². The fraction of sp³-hybridized carbons (Fsp3) is 0.0526. The highest BCUT2D eigenvalue weighted by Gasteiger charge is 2.08. The van der Waals surface area contributed by atoms with Crippen molar-refractivity contribution in [1.29, 1.82) is 5.26 Å². The van der Waals surface area contributed by atoms with Gasteiger partial charge >= 0.3 is 0 Å². The zero-order chi connectivity index (χ0) is 16.9. The number of halogens is 2. The molecular weight excluding hydrogens is 359 g/mol. The van der Waals surface area contributed by atoms with Crippen LogP contribution in [0.3, 0.4) is 0 Å². The molecule has 2 aromatic carbocycles. The molecule has 2 nitrogen and oxygen atoms in total. The van der Waals surface area contributed by atoms with Crippen LogP contribution in [0.5, 0.6) is 0 Å². The van der Waals surface area contributed by atoms with Gasteiger partial charge in [-0.3, -0.25) is 0 Å². The van der Waals surface area contributed by atoms with Crippen LogP contribution in [-0.4, -0.2) is 4.98 Å². The van der Waals surface area contributed by atoms with Crippen molar-refractivity contribution in [3.8, 4) is 6.07 Å². The highest BCUT2D eigenvalue weighted by molar-refractivity contribution is 7.11. The van der Waals surface area contributed by atoms with Gasteiger partial charge in [-0.25, -0.2) is 4.98 Å². The zero-order valence-corrected chi connectivity index (χ0v) is 14.9. The third kappa shape index (κ3) is 4.24. The van der Waals surface area contributed by atoms with Crippen LogP contribution in [0, 0.1) is 11.3 Å². The number of allylic oxidation sites excluding steroid dienone is 1. The second-order valence-electron chi connectivity index (χ2n) is 5.17. The molecule has 0 unspecified atom stereocenters. The van der Waals surface area contributed by atoms with Crippen LogP contribution in [0.1, 0.15) is 21.8 Å². The molecule has 0 amide bonds. The number of benzene rings is 2. The number of rotatable bonds is 4. The summed E-state index contributed by atoms with van der Waals surface area (Å²) < 4.78 is 0. The van der Waals surface area contributed by atoms with Crippen LogP contribution >= 0.6 is 34.5 Å². The van der Waals surface area contributed by atoms with Crippen molar-refractivity contribution in [3.05, 3.63) is 85.8 Å². The van der Waals surface area contributed by atoms with E-state index in [1.165, 1.54) is 11.3 Å². The molecule has 3 rings (SSSR count). The highest BCUT2D eigenvalue weighted by atomic mass is 35.5. The Kier molecular flexibility index (Phi) is 5.32. The quantitative estimate of drug-likeness (QED) is 0.519. The Bertz CT molecular complexity index is 921. The first kappa shape index (κ1) is 16.7. The maximum absolute atomic E-state index is 9.44. The minimum atomic E-state index is 0.541. The maximum atomic E-state index is 9.44. The third-order valence-electron chi connectivity index (χ3n) is 3.36. The van der Waals surface area contributed by atoms with E-state index in [0.29, 0.717) is 27.0 Å². The van der Waals surface area contributed by atoms with Gasteiger partial charge in [-0.2, -0.15) is 5.26 Å². The first-order chi connectivity index (χ1) is 11.6. The Labute approximate surface area is 154 Å². The van der Waals surface area contributed by atoms with E-state index in [0.717, 1.165) is 16.8 Å². The molecule has 3 aromatic rings. The van der Waals surface area contributed by atoms with E-state index in [-0.39, 0.29) is 0 Å². The first-order valence-electron chi connectivity index (χ1n) is 7.20. The van der Waals surface area contributed by atoms with Gasteiger partial charge in [0.2, 0.25) is 0 Å². The van der Waals surface area contributed by atoms with E-state index >= 15 is 0 Å². The number of thiazole rings is 1. The van der Waals surface area contributed by atoms with Gasteiger partial charge in [-0.05, 0) is 41.5 Å². The first-order valence-corrected chi connectivity index (χ1v) is 8.84. The van der Waals surface area contributed by atoms with Crippen LogP contribution < -0.4 is 0 Å². The average molecular weight is 371 g/mol. The summed E-state index contributed by atoms with van der Waals surface area (Å²) in [7, 11) is 0. The molecule has 1 heterocycles. The summed E-state index contributed by atoms with van der Waals surface area (Å²) in [6.45, 7) is 0. The average Bonchev–Trinajstić information content (AvgIpc) is 3.02. The van der Waals surface area contributed by atoms with Gasteiger partial charge in [0.15, 0.2) is 0 Å². The molecule has 0 spiro atoms. The number of nitrogens with zero attached hydrogens (tertiary/aromatic N) is 2. The molecule has 0 atom stereocenters. The number of nitriles is 1. The molecule has 24 heavy (non-hydrogen) atoms. The van der Waals surface area contributed by atoms with E-state index < -0.39 is 0 Å². The van der Waals surface area contributed by atoms with E-state index in [4.69, 9.17) is 23.2 Å². The van der Waals surface area contributed by atoms with Gasteiger partial charge in [0.25, 0.3) is 0 Å². The lowest BCUT2D eigenvalue weighted by Crippen LogP contribution is -1.89. The molecule has 0 bridgehead atoms. The van der Waals surface area contributed by atoms with Gasteiger partial charge in [0.05, 0.1) is 11.3 Å². The lowest BCUT2D eigenvalue weighted by atomic mass is 10.1. The second-order valence-corrected chi connectivity index (χ2v) is 6.90. The monoisotopic (exact) mass is 370 g/mol. The number of hydrogen-bond donors (Lipinski definition) is 0. The molecule has 5 heteroatoms. The lowest BCUT2D eigenvalue weighted by molar-refractivity contribution is 1.10. The van der Waals surface area contributed by atoms with Gasteiger partial charge in [-0.1, -0.05) is 47.5 Å². The summed E-state index contributed by atoms with van der Waals surface area (Å²) in [4.78, 5) is 4.58. The van der Waals surface area contributed by atoms with Crippen molar-refractivity contribution in [3.63, 3.8) is 0 Å². The molecule has 1 aromatic heterocycles. The molecule has 0 saturated heterocycles. The largest absolute Gasteiger partial charge is 0.240 e. The molecule has 0 fully saturated rings. The standard InChI is InChI=1S/C19H12Cl2N2S/c20-16-6-4-13(5-7-16)8-15(11-22)19-23-18(12-24-19)10-14-2-1-3-17(21)9-14/h1-9,12H,10H2. The Balaban J connectivity index is 1.83. The van der Waals surface area contributed by atoms with Crippen molar-refractivity contribution in [2.75, 3.05) is 0 Å². The van der Waals surface area contributed by atoms with Gasteiger partial charge in [-0.15, -0.1) is 11.3 Å². The highest BCUT2D eigenvalue weighted by Crippen LogP contribution is 2.24. The fourth-order valence-electron chi connectivity index (χ4n) is 2.24. The number of aromatic nitrogens is 1. The summed E-state index contributed by atoms with van der Waals surface area (Å²) in [5, 5.41) is 13.5. The summed E-state index contributed by atoms with van der Waals surface area (Å²) in [5.74, 6) is 0. The summed E-state index contributed by atoms with van der Waals surface area (Å²) in [6, 6.07) is 17.3. The van der Waals surface area contributed by atoms with E-state index in [2.05, 4.69) is 11.1 Å². The Hall–Kier alpha value is -2.12. The molecular formula is C19H12Cl2N2S. The van der Waals surface area contributed by atoms with Crippen LogP contribution in [0.25, 0.3) is 11.6 Å². The van der Waals surface area contributed by atoms with E-state index in [1.807, 2.05) is 47.9 Å². The van der Waals surface area contributed by atoms with Crippen LogP contribution in [0.15, 0.2) is 53.9 Å². The summed E-state index contributed by atoms with van der Waals surface area (Å²) in [5.41, 5.74) is 3.48. The maximum Gasteiger partial charge on any atom is 0.134 e.